The van der Waals surface area contributed by atoms with Crippen molar-refractivity contribution in [2.24, 2.45) is 0 Å². The van der Waals surface area contributed by atoms with Gasteiger partial charge in [-0.25, -0.2) is 0 Å². The average molecular weight is 341 g/mol. The molecule has 1 aromatic carbocycles. The molecule has 1 aromatic heterocycles. The summed E-state index contributed by atoms with van der Waals surface area (Å²) in [6, 6.07) is 11.2. The molecule has 2 heterocycles. The van der Waals surface area contributed by atoms with Crippen molar-refractivity contribution in [3.63, 3.8) is 0 Å². The van der Waals surface area contributed by atoms with Crippen LogP contribution in [0.4, 0.5) is 0 Å². The number of rotatable bonds is 4. The number of nitrogens with zero attached hydrogens (tertiary/aromatic N) is 3. The minimum atomic E-state index is -0.317. The molecule has 1 aliphatic heterocycles. The molecule has 0 atom stereocenters. The third-order valence-corrected chi connectivity index (χ3v) is 4.55. The minimum absolute atomic E-state index is 0.0499. The van der Waals surface area contributed by atoms with E-state index in [4.69, 9.17) is 0 Å². The SMILES string of the molecule is CN(CC(=O)N1CCC(O)CC1)C(=O)c1ccc(-n2cccc2)cc1. The van der Waals surface area contributed by atoms with Gasteiger partial charge in [-0.3, -0.25) is 9.59 Å². The summed E-state index contributed by atoms with van der Waals surface area (Å²) in [5, 5.41) is 9.51. The molecule has 0 radical (unpaired) electrons. The lowest BCUT2D eigenvalue weighted by molar-refractivity contribution is -0.133. The minimum Gasteiger partial charge on any atom is -0.393 e. The molecule has 6 heteroatoms. The Labute approximate surface area is 147 Å². The quantitative estimate of drug-likeness (QED) is 0.917. The van der Waals surface area contributed by atoms with Gasteiger partial charge in [0.2, 0.25) is 5.91 Å². The lowest BCUT2D eigenvalue weighted by Gasteiger charge is -2.31. The Balaban J connectivity index is 1.59. The maximum absolute atomic E-state index is 12.5. The topological polar surface area (TPSA) is 65.8 Å². The van der Waals surface area contributed by atoms with Crippen LogP contribution in [-0.2, 0) is 4.79 Å². The van der Waals surface area contributed by atoms with Gasteiger partial charge in [0, 0.05) is 43.8 Å². The molecule has 2 amide bonds. The first-order valence-electron chi connectivity index (χ1n) is 8.49. The van der Waals surface area contributed by atoms with Gasteiger partial charge in [-0.05, 0) is 49.2 Å². The zero-order chi connectivity index (χ0) is 17.8. The van der Waals surface area contributed by atoms with Gasteiger partial charge in [0.25, 0.3) is 5.91 Å². The summed E-state index contributed by atoms with van der Waals surface area (Å²) in [4.78, 5) is 28.0. The smallest absolute Gasteiger partial charge is 0.254 e. The molecular weight excluding hydrogens is 318 g/mol. The number of hydrogen-bond acceptors (Lipinski definition) is 3. The molecule has 1 aliphatic rings. The number of aliphatic hydroxyl groups is 1. The number of aromatic nitrogens is 1. The first-order valence-corrected chi connectivity index (χ1v) is 8.49. The van der Waals surface area contributed by atoms with Crippen molar-refractivity contribution in [3.8, 4) is 5.69 Å². The second-order valence-corrected chi connectivity index (χ2v) is 6.41. The van der Waals surface area contributed by atoms with E-state index in [1.807, 2.05) is 41.2 Å². The van der Waals surface area contributed by atoms with Crippen molar-refractivity contribution in [3.05, 3.63) is 54.4 Å². The van der Waals surface area contributed by atoms with Gasteiger partial charge < -0.3 is 19.5 Å². The molecule has 1 N–H and O–H groups in total. The maximum Gasteiger partial charge on any atom is 0.254 e. The van der Waals surface area contributed by atoms with E-state index in [0.717, 1.165) is 5.69 Å². The van der Waals surface area contributed by atoms with E-state index in [2.05, 4.69) is 0 Å². The fourth-order valence-electron chi connectivity index (χ4n) is 2.99. The molecular formula is C19H23N3O3. The predicted octanol–water partition coefficient (Wildman–Crippen LogP) is 1.53. The Morgan fingerprint density at radius 3 is 2.32 bits per heavy atom. The van der Waals surface area contributed by atoms with Crippen LogP contribution in [0.15, 0.2) is 48.8 Å². The summed E-state index contributed by atoms with van der Waals surface area (Å²) in [7, 11) is 1.64. The summed E-state index contributed by atoms with van der Waals surface area (Å²) in [6.07, 6.45) is 4.77. The fraction of sp³-hybridized carbons (Fsp3) is 0.368. The average Bonchev–Trinajstić information content (AvgIpc) is 3.16. The lowest BCUT2D eigenvalue weighted by atomic mass is 10.1. The van der Waals surface area contributed by atoms with Gasteiger partial charge in [0.05, 0.1) is 12.6 Å². The van der Waals surface area contributed by atoms with E-state index in [1.54, 1.807) is 24.1 Å². The standard InChI is InChI=1S/C19H23N3O3/c1-20(14-18(24)22-12-8-17(23)9-13-22)19(25)15-4-6-16(7-5-15)21-10-2-3-11-21/h2-7,10-11,17,23H,8-9,12-14H2,1H3. The van der Waals surface area contributed by atoms with Gasteiger partial charge in [0.1, 0.15) is 0 Å². The Kier molecular flexibility index (Phi) is 5.19. The van der Waals surface area contributed by atoms with Crippen molar-refractivity contribution in [2.45, 2.75) is 18.9 Å². The zero-order valence-electron chi connectivity index (χ0n) is 14.3. The Morgan fingerprint density at radius 2 is 1.72 bits per heavy atom. The molecule has 6 nitrogen and oxygen atoms in total. The number of benzene rings is 1. The van der Waals surface area contributed by atoms with E-state index in [1.165, 1.54) is 4.90 Å². The molecule has 3 rings (SSSR count). The fourth-order valence-corrected chi connectivity index (χ4v) is 2.99. The number of carbonyl (C=O) groups excluding carboxylic acids is 2. The summed E-state index contributed by atoms with van der Waals surface area (Å²) in [5.74, 6) is -0.254. The molecule has 0 bridgehead atoms. The van der Waals surface area contributed by atoms with Crippen molar-refractivity contribution < 1.29 is 14.7 Å². The first-order chi connectivity index (χ1) is 12.0. The van der Waals surface area contributed by atoms with Gasteiger partial charge >= 0.3 is 0 Å². The molecule has 1 saturated heterocycles. The van der Waals surface area contributed by atoms with Crippen LogP contribution in [-0.4, -0.2) is 64.1 Å². The van der Waals surface area contributed by atoms with E-state index in [0.29, 0.717) is 31.5 Å². The van der Waals surface area contributed by atoms with Gasteiger partial charge in [0.15, 0.2) is 0 Å². The third kappa shape index (κ3) is 4.09. The molecule has 132 valence electrons. The molecule has 0 aliphatic carbocycles. The maximum atomic E-state index is 12.5. The highest BCUT2D eigenvalue weighted by Gasteiger charge is 2.23. The number of hydrogen-bond donors (Lipinski definition) is 1. The highest BCUT2D eigenvalue weighted by molar-refractivity contribution is 5.96. The third-order valence-electron chi connectivity index (χ3n) is 4.55. The Bertz CT molecular complexity index is 717. The Hall–Kier alpha value is -2.60. The summed E-state index contributed by atoms with van der Waals surface area (Å²) in [6.45, 7) is 1.15. The van der Waals surface area contributed by atoms with Crippen molar-refractivity contribution in [1.82, 2.24) is 14.4 Å². The van der Waals surface area contributed by atoms with Crippen LogP contribution in [0.3, 0.4) is 0 Å². The van der Waals surface area contributed by atoms with E-state index >= 15 is 0 Å². The van der Waals surface area contributed by atoms with E-state index in [-0.39, 0.29) is 24.5 Å². The van der Waals surface area contributed by atoms with Crippen LogP contribution in [0.25, 0.3) is 5.69 Å². The van der Waals surface area contributed by atoms with Crippen LogP contribution in [0, 0.1) is 0 Å². The molecule has 1 fully saturated rings. The summed E-state index contributed by atoms with van der Waals surface area (Å²) < 4.78 is 1.96. The van der Waals surface area contributed by atoms with Crippen LogP contribution in [0.5, 0.6) is 0 Å². The molecule has 0 unspecified atom stereocenters. The number of likely N-dealkylation sites (N-methyl/N-ethyl adjacent to an activating group) is 1. The van der Waals surface area contributed by atoms with E-state index < -0.39 is 0 Å². The van der Waals surface area contributed by atoms with Crippen LogP contribution in [0.2, 0.25) is 0 Å². The van der Waals surface area contributed by atoms with Gasteiger partial charge in [-0.1, -0.05) is 0 Å². The largest absolute Gasteiger partial charge is 0.393 e. The van der Waals surface area contributed by atoms with Crippen LogP contribution >= 0.6 is 0 Å². The number of aliphatic hydroxyl groups excluding tert-OH is 1. The number of carbonyl (C=O) groups is 2. The van der Waals surface area contributed by atoms with Crippen molar-refractivity contribution in [1.29, 1.82) is 0 Å². The second kappa shape index (κ2) is 7.53. The van der Waals surface area contributed by atoms with Gasteiger partial charge in [-0.2, -0.15) is 0 Å². The molecule has 0 spiro atoms. The summed E-state index contributed by atoms with van der Waals surface area (Å²) >= 11 is 0. The molecule has 0 saturated carbocycles. The van der Waals surface area contributed by atoms with Crippen LogP contribution in [0.1, 0.15) is 23.2 Å². The van der Waals surface area contributed by atoms with Crippen molar-refractivity contribution >= 4 is 11.8 Å². The normalized spacial score (nSPS) is 15.2. The van der Waals surface area contributed by atoms with Crippen molar-refractivity contribution in [2.75, 3.05) is 26.7 Å². The zero-order valence-corrected chi connectivity index (χ0v) is 14.3. The highest BCUT2D eigenvalue weighted by atomic mass is 16.3. The van der Waals surface area contributed by atoms with E-state index in [9.17, 15) is 14.7 Å². The number of piperidine rings is 1. The second-order valence-electron chi connectivity index (χ2n) is 6.41. The highest BCUT2D eigenvalue weighted by Crippen LogP contribution is 2.13. The molecule has 2 aromatic rings. The molecule has 25 heavy (non-hydrogen) atoms. The predicted molar refractivity (Wildman–Crippen MR) is 94.6 cm³/mol. The Morgan fingerprint density at radius 1 is 1.12 bits per heavy atom. The number of amides is 2. The summed E-state index contributed by atoms with van der Waals surface area (Å²) in [5.41, 5.74) is 1.53. The first kappa shape index (κ1) is 17.2. The monoisotopic (exact) mass is 341 g/mol. The lowest BCUT2D eigenvalue weighted by Crippen LogP contribution is -2.45. The van der Waals surface area contributed by atoms with Crippen LogP contribution < -0.4 is 0 Å². The van der Waals surface area contributed by atoms with Gasteiger partial charge in [-0.15, -0.1) is 0 Å². The number of likely N-dealkylation sites (tertiary alicyclic amines) is 1.